The van der Waals surface area contributed by atoms with Crippen LogP contribution in [0.25, 0.3) is 11.1 Å². The zero-order chi connectivity index (χ0) is 13.3. The number of hydrogen-bond acceptors (Lipinski definition) is 1. The number of hydrogen-bond donors (Lipinski definition) is 0. The van der Waals surface area contributed by atoms with Crippen LogP contribution < -0.4 is 0 Å². The first-order valence-electron chi connectivity index (χ1n) is 4.92. The zero-order valence-electron chi connectivity index (χ0n) is 8.88. The van der Waals surface area contributed by atoms with Crippen molar-refractivity contribution in [2.75, 3.05) is 0 Å². The summed E-state index contributed by atoms with van der Waals surface area (Å²) < 4.78 is 0. The molecule has 0 spiro atoms. The van der Waals surface area contributed by atoms with Gasteiger partial charge in [0.1, 0.15) is 0 Å². The summed E-state index contributed by atoms with van der Waals surface area (Å²) in [6, 6.07) is 8.26. The van der Waals surface area contributed by atoms with Crippen LogP contribution in [0.3, 0.4) is 0 Å². The molecule has 0 aromatic heterocycles. The summed E-state index contributed by atoms with van der Waals surface area (Å²) in [5, 5.41) is 1.47. The van der Waals surface area contributed by atoms with Gasteiger partial charge in [-0.25, -0.2) is 0 Å². The van der Waals surface area contributed by atoms with Gasteiger partial charge in [0.05, 0.1) is 15.1 Å². The minimum atomic E-state index is 0.289. The Morgan fingerprint density at radius 1 is 0.889 bits per heavy atom. The molecule has 0 bridgehead atoms. The first-order valence-corrected chi connectivity index (χ1v) is 6.43. The molecule has 0 aliphatic rings. The van der Waals surface area contributed by atoms with E-state index in [2.05, 4.69) is 0 Å². The van der Waals surface area contributed by atoms with Crippen LogP contribution in [0.5, 0.6) is 0 Å². The van der Waals surface area contributed by atoms with Gasteiger partial charge < -0.3 is 0 Å². The largest absolute Gasteiger partial charge is 0.298 e. The molecule has 18 heavy (non-hydrogen) atoms. The van der Waals surface area contributed by atoms with E-state index in [1.165, 1.54) is 0 Å². The molecule has 2 rings (SSSR count). The van der Waals surface area contributed by atoms with Crippen LogP contribution in [0.1, 0.15) is 10.4 Å². The molecule has 5 heteroatoms. The zero-order valence-corrected chi connectivity index (χ0v) is 11.9. The molecule has 0 N–H and O–H groups in total. The monoisotopic (exact) mass is 318 g/mol. The molecule has 0 aliphatic heterocycles. The molecule has 0 heterocycles. The Balaban J connectivity index is 2.68. The fourth-order valence-corrected chi connectivity index (χ4v) is 2.36. The lowest BCUT2D eigenvalue weighted by Crippen LogP contribution is -1.88. The van der Waals surface area contributed by atoms with Crippen molar-refractivity contribution in [1.29, 1.82) is 0 Å². The highest BCUT2D eigenvalue weighted by Crippen LogP contribution is 2.36. The van der Waals surface area contributed by atoms with E-state index in [4.69, 9.17) is 46.4 Å². The fourth-order valence-electron chi connectivity index (χ4n) is 1.59. The molecular weight excluding hydrogens is 314 g/mol. The summed E-state index contributed by atoms with van der Waals surface area (Å²) in [5.41, 5.74) is 1.87. The van der Waals surface area contributed by atoms with Crippen LogP contribution in [-0.2, 0) is 0 Å². The van der Waals surface area contributed by atoms with Gasteiger partial charge in [0.25, 0.3) is 0 Å². The lowest BCUT2D eigenvalue weighted by Gasteiger charge is -2.08. The smallest absolute Gasteiger partial charge is 0.150 e. The van der Waals surface area contributed by atoms with E-state index in [0.717, 1.165) is 6.29 Å². The summed E-state index contributed by atoms with van der Waals surface area (Å²) in [6.07, 6.45) is 0.752. The van der Waals surface area contributed by atoms with Gasteiger partial charge in [0.2, 0.25) is 0 Å². The van der Waals surface area contributed by atoms with Crippen molar-refractivity contribution in [1.82, 2.24) is 0 Å². The normalized spacial score (nSPS) is 10.4. The first kappa shape index (κ1) is 13.7. The van der Waals surface area contributed by atoms with Crippen molar-refractivity contribution in [2.24, 2.45) is 0 Å². The summed E-state index contributed by atoms with van der Waals surface area (Å²) in [4.78, 5) is 11.0. The average Bonchev–Trinajstić information content (AvgIpc) is 2.35. The Hall–Kier alpha value is -0.730. The second-order valence-corrected chi connectivity index (χ2v) is 5.23. The maximum absolute atomic E-state index is 11.0. The topological polar surface area (TPSA) is 17.1 Å². The standard InChI is InChI=1S/C13H6Cl4O/c14-9-2-1-7(6-18)10(5-9)8-3-11(15)13(17)12(16)4-8/h1-6H. The molecule has 0 unspecified atom stereocenters. The first-order chi connectivity index (χ1) is 8.52. The molecule has 0 saturated carbocycles. The Bertz CT molecular complexity index is 599. The van der Waals surface area contributed by atoms with Crippen LogP contribution in [-0.4, -0.2) is 6.29 Å². The van der Waals surface area contributed by atoms with Crippen molar-refractivity contribution < 1.29 is 4.79 Å². The second-order valence-electron chi connectivity index (χ2n) is 3.60. The highest BCUT2D eigenvalue weighted by atomic mass is 35.5. The lowest BCUT2D eigenvalue weighted by atomic mass is 10.0. The Labute approximate surface area is 124 Å². The van der Waals surface area contributed by atoms with Crippen molar-refractivity contribution in [3.05, 3.63) is 56.0 Å². The van der Waals surface area contributed by atoms with Crippen LogP contribution in [0, 0.1) is 0 Å². The molecule has 0 saturated heterocycles. The number of halogens is 4. The predicted octanol–water partition coefficient (Wildman–Crippen LogP) is 5.78. The minimum absolute atomic E-state index is 0.289. The molecule has 2 aromatic carbocycles. The Morgan fingerprint density at radius 2 is 1.50 bits per heavy atom. The number of benzene rings is 2. The third-order valence-electron chi connectivity index (χ3n) is 2.44. The van der Waals surface area contributed by atoms with E-state index in [1.54, 1.807) is 30.3 Å². The van der Waals surface area contributed by atoms with Gasteiger partial charge in [-0.1, -0.05) is 46.4 Å². The van der Waals surface area contributed by atoms with Crippen LogP contribution in [0.2, 0.25) is 20.1 Å². The minimum Gasteiger partial charge on any atom is -0.298 e. The number of carbonyl (C=O) groups is 1. The predicted molar refractivity (Wildman–Crippen MR) is 77.3 cm³/mol. The number of carbonyl (C=O) groups excluding carboxylic acids is 1. The summed E-state index contributed by atoms with van der Waals surface area (Å²) in [7, 11) is 0. The third-order valence-corrected chi connectivity index (χ3v) is 3.87. The molecule has 0 fully saturated rings. The molecular formula is C13H6Cl4O. The molecule has 92 valence electrons. The van der Waals surface area contributed by atoms with Crippen molar-refractivity contribution in [3.8, 4) is 11.1 Å². The van der Waals surface area contributed by atoms with Gasteiger partial charge in [-0.05, 0) is 41.5 Å². The van der Waals surface area contributed by atoms with E-state index in [-0.39, 0.29) is 5.02 Å². The van der Waals surface area contributed by atoms with Gasteiger partial charge in [-0.15, -0.1) is 0 Å². The van der Waals surface area contributed by atoms with Crippen LogP contribution in [0.4, 0.5) is 0 Å². The van der Waals surface area contributed by atoms with Crippen LogP contribution >= 0.6 is 46.4 Å². The van der Waals surface area contributed by atoms with Gasteiger partial charge in [0, 0.05) is 10.6 Å². The third kappa shape index (κ3) is 2.65. The SMILES string of the molecule is O=Cc1ccc(Cl)cc1-c1cc(Cl)c(Cl)c(Cl)c1. The fraction of sp³-hybridized carbons (Fsp3) is 0. The second kappa shape index (κ2) is 5.50. The van der Waals surface area contributed by atoms with Gasteiger partial charge in [-0.3, -0.25) is 4.79 Å². The van der Waals surface area contributed by atoms with Crippen LogP contribution in [0.15, 0.2) is 30.3 Å². The van der Waals surface area contributed by atoms with Gasteiger partial charge >= 0.3 is 0 Å². The number of aldehydes is 1. The molecule has 0 amide bonds. The molecule has 0 atom stereocenters. The maximum Gasteiger partial charge on any atom is 0.150 e. The summed E-state index contributed by atoms with van der Waals surface area (Å²) in [6.45, 7) is 0. The highest BCUT2D eigenvalue weighted by molar-refractivity contribution is 6.48. The summed E-state index contributed by atoms with van der Waals surface area (Å²) in [5.74, 6) is 0. The lowest BCUT2D eigenvalue weighted by molar-refractivity contribution is 0.112. The van der Waals surface area contributed by atoms with Gasteiger partial charge in [-0.2, -0.15) is 0 Å². The molecule has 0 radical (unpaired) electrons. The quantitative estimate of drug-likeness (QED) is 0.506. The van der Waals surface area contributed by atoms with Crippen molar-refractivity contribution in [3.63, 3.8) is 0 Å². The van der Waals surface area contributed by atoms with Crippen molar-refractivity contribution in [2.45, 2.75) is 0 Å². The Kier molecular flexibility index (Phi) is 4.18. The summed E-state index contributed by atoms with van der Waals surface area (Å²) >= 11 is 23.7. The van der Waals surface area contributed by atoms with Gasteiger partial charge in [0.15, 0.2) is 6.29 Å². The maximum atomic E-state index is 11.0. The van der Waals surface area contributed by atoms with Crippen molar-refractivity contribution >= 4 is 52.7 Å². The van der Waals surface area contributed by atoms with E-state index in [1.807, 2.05) is 0 Å². The van der Waals surface area contributed by atoms with E-state index < -0.39 is 0 Å². The van der Waals surface area contributed by atoms with E-state index in [0.29, 0.717) is 31.8 Å². The highest BCUT2D eigenvalue weighted by Gasteiger charge is 2.11. The molecule has 1 nitrogen and oxygen atoms in total. The van der Waals surface area contributed by atoms with E-state index in [9.17, 15) is 4.79 Å². The molecule has 0 aliphatic carbocycles. The average molecular weight is 320 g/mol. The Morgan fingerprint density at radius 3 is 2.06 bits per heavy atom. The van der Waals surface area contributed by atoms with E-state index >= 15 is 0 Å². The molecule has 2 aromatic rings. The number of rotatable bonds is 2.